The standard InChI is InChI=1S/C9H6Br2ClN3/c10-8-13-9(11)15(14-8)5-6-1-3-7(12)4-2-6/h1-4H,5H2. The van der Waals surface area contributed by atoms with Crippen molar-refractivity contribution >= 4 is 43.5 Å². The second-order valence-electron chi connectivity index (χ2n) is 2.93. The summed E-state index contributed by atoms with van der Waals surface area (Å²) in [7, 11) is 0. The van der Waals surface area contributed by atoms with Gasteiger partial charge in [0.15, 0.2) is 4.73 Å². The van der Waals surface area contributed by atoms with E-state index in [2.05, 4.69) is 41.9 Å². The van der Waals surface area contributed by atoms with E-state index in [1.165, 1.54) is 0 Å². The van der Waals surface area contributed by atoms with Crippen molar-refractivity contribution in [3.05, 3.63) is 44.3 Å². The van der Waals surface area contributed by atoms with Crippen LogP contribution in [-0.2, 0) is 6.54 Å². The van der Waals surface area contributed by atoms with Crippen LogP contribution in [0.1, 0.15) is 5.56 Å². The van der Waals surface area contributed by atoms with Gasteiger partial charge in [-0.3, -0.25) is 0 Å². The van der Waals surface area contributed by atoms with E-state index in [1.54, 1.807) is 4.68 Å². The Morgan fingerprint density at radius 3 is 2.40 bits per heavy atom. The molecule has 6 heteroatoms. The Morgan fingerprint density at radius 1 is 1.20 bits per heavy atom. The Balaban J connectivity index is 2.21. The second-order valence-corrected chi connectivity index (χ2v) is 4.79. The highest BCUT2D eigenvalue weighted by Crippen LogP contribution is 2.15. The molecule has 0 amide bonds. The Kier molecular flexibility index (Phi) is 3.43. The predicted octanol–water partition coefficient (Wildman–Crippen LogP) is 3.50. The molecule has 0 unspecified atom stereocenters. The van der Waals surface area contributed by atoms with E-state index in [-0.39, 0.29) is 0 Å². The van der Waals surface area contributed by atoms with Crippen molar-refractivity contribution in [2.75, 3.05) is 0 Å². The van der Waals surface area contributed by atoms with Crippen molar-refractivity contribution in [1.82, 2.24) is 14.8 Å². The van der Waals surface area contributed by atoms with Crippen molar-refractivity contribution in [2.45, 2.75) is 6.54 Å². The normalized spacial score (nSPS) is 10.6. The molecule has 0 atom stereocenters. The highest BCUT2D eigenvalue weighted by Gasteiger charge is 2.05. The predicted molar refractivity (Wildman–Crippen MR) is 66.0 cm³/mol. The van der Waals surface area contributed by atoms with E-state index in [9.17, 15) is 0 Å². The molecule has 0 aliphatic carbocycles. The van der Waals surface area contributed by atoms with E-state index in [1.807, 2.05) is 24.3 Å². The van der Waals surface area contributed by atoms with Crippen LogP contribution in [0.2, 0.25) is 5.02 Å². The van der Waals surface area contributed by atoms with Crippen LogP contribution in [0.3, 0.4) is 0 Å². The fourth-order valence-corrected chi connectivity index (χ4v) is 2.26. The lowest BCUT2D eigenvalue weighted by Crippen LogP contribution is -2.01. The number of hydrogen-bond donors (Lipinski definition) is 0. The summed E-state index contributed by atoms with van der Waals surface area (Å²) in [6.45, 7) is 0.663. The highest BCUT2D eigenvalue weighted by atomic mass is 79.9. The summed E-state index contributed by atoms with van der Waals surface area (Å²) in [5.41, 5.74) is 1.12. The summed E-state index contributed by atoms with van der Waals surface area (Å²) in [6, 6.07) is 7.64. The molecule has 0 saturated carbocycles. The third kappa shape index (κ3) is 2.80. The van der Waals surface area contributed by atoms with Crippen LogP contribution >= 0.6 is 43.5 Å². The first-order chi connectivity index (χ1) is 7.15. The van der Waals surface area contributed by atoms with Crippen LogP contribution in [0, 0.1) is 0 Å². The Bertz CT molecular complexity index is 467. The molecule has 0 aliphatic rings. The van der Waals surface area contributed by atoms with Gasteiger partial charge in [0.25, 0.3) is 0 Å². The average molecular weight is 351 g/mol. The molecule has 1 aromatic carbocycles. The van der Waals surface area contributed by atoms with Crippen LogP contribution in [0.5, 0.6) is 0 Å². The van der Waals surface area contributed by atoms with E-state index in [4.69, 9.17) is 11.6 Å². The Morgan fingerprint density at radius 2 is 1.87 bits per heavy atom. The van der Waals surface area contributed by atoms with Gasteiger partial charge in [0.05, 0.1) is 6.54 Å². The number of benzene rings is 1. The maximum absolute atomic E-state index is 5.80. The van der Waals surface area contributed by atoms with Crippen LogP contribution in [-0.4, -0.2) is 14.8 Å². The minimum Gasteiger partial charge on any atom is -0.235 e. The number of hydrogen-bond acceptors (Lipinski definition) is 2. The van der Waals surface area contributed by atoms with Gasteiger partial charge in [0, 0.05) is 5.02 Å². The van der Waals surface area contributed by atoms with Crippen LogP contribution in [0.15, 0.2) is 33.7 Å². The van der Waals surface area contributed by atoms with Gasteiger partial charge in [0.2, 0.25) is 4.73 Å². The smallest absolute Gasteiger partial charge is 0.218 e. The molecule has 3 nitrogen and oxygen atoms in total. The lowest BCUT2D eigenvalue weighted by Gasteiger charge is -2.02. The molecule has 2 aromatic rings. The molecule has 0 radical (unpaired) electrons. The van der Waals surface area contributed by atoms with Gasteiger partial charge in [-0.25, -0.2) is 4.68 Å². The fraction of sp³-hybridized carbons (Fsp3) is 0.111. The summed E-state index contributed by atoms with van der Waals surface area (Å²) >= 11 is 12.3. The van der Waals surface area contributed by atoms with E-state index in [0.717, 1.165) is 10.6 Å². The zero-order valence-corrected chi connectivity index (χ0v) is 11.4. The number of rotatable bonds is 2. The zero-order valence-electron chi connectivity index (χ0n) is 7.49. The molecule has 0 fully saturated rings. The molecule has 0 spiro atoms. The van der Waals surface area contributed by atoms with Crippen LogP contribution in [0.4, 0.5) is 0 Å². The molecule has 78 valence electrons. The minimum absolute atomic E-state index is 0.573. The summed E-state index contributed by atoms with van der Waals surface area (Å²) < 4.78 is 3.03. The second kappa shape index (κ2) is 4.63. The lowest BCUT2D eigenvalue weighted by atomic mass is 10.2. The van der Waals surface area contributed by atoms with E-state index >= 15 is 0 Å². The monoisotopic (exact) mass is 349 g/mol. The topological polar surface area (TPSA) is 30.7 Å². The molecule has 1 heterocycles. The van der Waals surface area contributed by atoms with Gasteiger partial charge in [-0.15, -0.1) is 5.10 Å². The van der Waals surface area contributed by atoms with Crippen LogP contribution in [0.25, 0.3) is 0 Å². The first-order valence-electron chi connectivity index (χ1n) is 4.15. The summed E-state index contributed by atoms with van der Waals surface area (Å²) in [5.74, 6) is 0. The van der Waals surface area contributed by atoms with Gasteiger partial charge in [-0.05, 0) is 49.6 Å². The van der Waals surface area contributed by atoms with Gasteiger partial charge in [-0.1, -0.05) is 23.7 Å². The van der Waals surface area contributed by atoms with Gasteiger partial charge >= 0.3 is 0 Å². The van der Waals surface area contributed by atoms with Crippen molar-refractivity contribution in [1.29, 1.82) is 0 Å². The number of nitrogens with zero attached hydrogens (tertiary/aromatic N) is 3. The lowest BCUT2D eigenvalue weighted by molar-refractivity contribution is 0.664. The third-order valence-corrected chi connectivity index (χ3v) is 3.02. The number of halogens is 3. The quantitative estimate of drug-likeness (QED) is 0.829. The molecule has 2 rings (SSSR count). The molecule has 0 bridgehead atoms. The molecule has 0 N–H and O–H groups in total. The largest absolute Gasteiger partial charge is 0.235 e. The zero-order chi connectivity index (χ0) is 10.8. The summed E-state index contributed by atoms with van der Waals surface area (Å²) in [6.07, 6.45) is 0. The van der Waals surface area contributed by atoms with Gasteiger partial charge in [0.1, 0.15) is 0 Å². The minimum atomic E-state index is 0.573. The molecule has 1 aromatic heterocycles. The SMILES string of the molecule is Clc1ccc(Cn2nc(Br)nc2Br)cc1. The first-order valence-corrected chi connectivity index (χ1v) is 6.12. The van der Waals surface area contributed by atoms with Crippen molar-refractivity contribution in [3.8, 4) is 0 Å². The molecular formula is C9H6Br2ClN3. The first kappa shape index (κ1) is 11.1. The molecular weight excluding hydrogens is 345 g/mol. The summed E-state index contributed by atoms with van der Waals surface area (Å²) in [4.78, 5) is 4.08. The summed E-state index contributed by atoms with van der Waals surface area (Å²) in [5, 5.41) is 4.90. The fourth-order valence-electron chi connectivity index (χ4n) is 1.16. The molecule has 0 saturated heterocycles. The van der Waals surface area contributed by atoms with Gasteiger partial charge < -0.3 is 0 Å². The van der Waals surface area contributed by atoms with E-state index < -0.39 is 0 Å². The van der Waals surface area contributed by atoms with E-state index in [0.29, 0.717) is 16.0 Å². The Labute approximate surface area is 109 Å². The maximum atomic E-state index is 5.80. The third-order valence-electron chi connectivity index (χ3n) is 1.85. The van der Waals surface area contributed by atoms with Gasteiger partial charge in [-0.2, -0.15) is 4.98 Å². The van der Waals surface area contributed by atoms with Crippen LogP contribution < -0.4 is 0 Å². The Hall–Kier alpha value is -0.390. The maximum Gasteiger partial charge on any atom is 0.218 e. The molecule has 0 aliphatic heterocycles. The highest BCUT2D eigenvalue weighted by molar-refractivity contribution is 9.11. The number of aromatic nitrogens is 3. The van der Waals surface area contributed by atoms with Crippen molar-refractivity contribution in [2.24, 2.45) is 0 Å². The van der Waals surface area contributed by atoms with Crippen molar-refractivity contribution < 1.29 is 0 Å². The molecule has 15 heavy (non-hydrogen) atoms. The average Bonchev–Trinajstić information content (AvgIpc) is 2.49. The van der Waals surface area contributed by atoms with Crippen molar-refractivity contribution in [3.63, 3.8) is 0 Å².